The molecule has 0 saturated carbocycles. The lowest BCUT2D eigenvalue weighted by Crippen LogP contribution is -1.86. The molecule has 2 aromatic rings. The highest BCUT2D eigenvalue weighted by Gasteiger charge is 2.13. The van der Waals surface area contributed by atoms with E-state index in [2.05, 4.69) is 20.9 Å². The molecule has 1 nitrogen and oxygen atoms in total. The van der Waals surface area contributed by atoms with Gasteiger partial charge in [0.2, 0.25) is 0 Å². The second-order valence-corrected chi connectivity index (χ2v) is 5.10. The summed E-state index contributed by atoms with van der Waals surface area (Å²) in [4.78, 5) is 4.11. The molecule has 0 aliphatic heterocycles. The molecular weight excluding hydrogens is 344 g/mol. The van der Waals surface area contributed by atoms with Gasteiger partial charge in [0.25, 0.3) is 0 Å². The van der Waals surface area contributed by atoms with Gasteiger partial charge in [-0.15, -0.1) is 0 Å². The third-order valence-electron chi connectivity index (χ3n) is 1.89. The maximum atomic E-state index is 6.08. The summed E-state index contributed by atoms with van der Waals surface area (Å²) < 4.78 is 0.553. The standard InChI is InChI=1S/C9H2BrCl4N/c10-5-6(12)3-1-2-4(11)7(13)8(3)15-9(5)14/h1-2H. The Morgan fingerprint density at radius 1 is 1.00 bits per heavy atom. The Balaban J connectivity index is 2.98. The Morgan fingerprint density at radius 2 is 1.67 bits per heavy atom. The SMILES string of the molecule is Clc1ccc2c(Cl)c(Br)c(Cl)nc2c1Cl. The van der Waals surface area contributed by atoms with Gasteiger partial charge in [0.05, 0.1) is 25.1 Å². The molecule has 0 bridgehead atoms. The molecule has 0 atom stereocenters. The highest BCUT2D eigenvalue weighted by atomic mass is 79.9. The first-order valence-corrected chi connectivity index (χ1v) is 6.11. The Labute approximate surface area is 114 Å². The number of halogens is 5. The van der Waals surface area contributed by atoms with E-state index in [1.165, 1.54) is 0 Å². The van der Waals surface area contributed by atoms with Crippen LogP contribution in [-0.4, -0.2) is 4.98 Å². The molecule has 0 radical (unpaired) electrons. The van der Waals surface area contributed by atoms with Crippen LogP contribution in [0.2, 0.25) is 20.2 Å². The summed E-state index contributed by atoms with van der Waals surface area (Å²) in [6.45, 7) is 0. The molecule has 1 heterocycles. The van der Waals surface area contributed by atoms with Crippen LogP contribution in [0.15, 0.2) is 16.6 Å². The molecular formula is C9H2BrCl4N. The number of hydrogen-bond acceptors (Lipinski definition) is 1. The van der Waals surface area contributed by atoms with Gasteiger partial charge in [-0.3, -0.25) is 0 Å². The molecule has 0 N–H and O–H groups in total. The average molecular weight is 346 g/mol. The summed E-state index contributed by atoms with van der Waals surface area (Å²) in [5, 5.41) is 2.22. The van der Waals surface area contributed by atoms with Crippen LogP contribution in [0.3, 0.4) is 0 Å². The zero-order valence-electron chi connectivity index (χ0n) is 6.99. The number of aromatic nitrogens is 1. The predicted octanol–water partition coefficient (Wildman–Crippen LogP) is 5.61. The highest BCUT2D eigenvalue weighted by molar-refractivity contribution is 9.10. The molecule has 15 heavy (non-hydrogen) atoms. The van der Waals surface area contributed by atoms with Crippen LogP contribution in [0.1, 0.15) is 0 Å². The van der Waals surface area contributed by atoms with Crippen molar-refractivity contribution < 1.29 is 0 Å². The third kappa shape index (κ3) is 1.94. The molecule has 0 aliphatic rings. The van der Waals surface area contributed by atoms with Gasteiger partial charge in [-0.25, -0.2) is 4.98 Å². The van der Waals surface area contributed by atoms with E-state index < -0.39 is 0 Å². The van der Waals surface area contributed by atoms with Crippen LogP contribution in [0.25, 0.3) is 10.9 Å². The monoisotopic (exact) mass is 343 g/mol. The minimum Gasteiger partial charge on any atom is -0.233 e. The molecule has 6 heteroatoms. The lowest BCUT2D eigenvalue weighted by molar-refractivity contribution is 1.39. The number of rotatable bonds is 0. The molecule has 78 valence electrons. The fourth-order valence-electron chi connectivity index (χ4n) is 1.18. The Bertz CT molecular complexity index is 556. The van der Waals surface area contributed by atoms with Crippen molar-refractivity contribution >= 4 is 73.2 Å². The quantitative estimate of drug-likeness (QED) is 0.565. The summed E-state index contributed by atoms with van der Waals surface area (Å²) in [6.07, 6.45) is 0. The summed E-state index contributed by atoms with van der Waals surface area (Å²) in [5.41, 5.74) is 0.502. The maximum absolute atomic E-state index is 6.08. The van der Waals surface area contributed by atoms with Crippen LogP contribution >= 0.6 is 62.3 Å². The number of pyridine rings is 1. The van der Waals surface area contributed by atoms with Gasteiger partial charge in [-0.1, -0.05) is 46.4 Å². The molecule has 0 fully saturated rings. The number of nitrogens with zero attached hydrogens (tertiary/aromatic N) is 1. The fourth-order valence-corrected chi connectivity index (χ4v) is 2.31. The van der Waals surface area contributed by atoms with E-state index in [-0.39, 0.29) is 5.15 Å². The lowest BCUT2D eigenvalue weighted by atomic mass is 10.2. The van der Waals surface area contributed by atoms with E-state index in [4.69, 9.17) is 46.4 Å². The Morgan fingerprint density at radius 3 is 2.33 bits per heavy atom. The van der Waals surface area contributed by atoms with Crippen LogP contribution in [0.5, 0.6) is 0 Å². The first-order valence-electron chi connectivity index (χ1n) is 3.80. The molecule has 2 rings (SSSR count). The van der Waals surface area contributed by atoms with E-state index in [1.807, 2.05) is 0 Å². The molecule has 0 amide bonds. The van der Waals surface area contributed by atoms with Crippen molar-refractivity contribution in [3.8, 4) is 0 Å². The Hall–Kier alpha value is 0.270. The topological polar surface area (TPSA) is 12.9 Å². The van der Waals surface area contributed by atoms with E-state index >= 15 is 0 Å². The summed E-state index contributed by atoms with van der Waals surface area (Å²) in [6, 6.07) is 3.42. The first-order chi connectivity index (χ1) is 7.02. The largest absolute Gasteiger partial charge is 0.233 e. The molecule has 1 aromatic carbocycles. The van der Waals surface area contributed by atoms with Gasteiger partial charge in [0.15, 0.2) is 0 Å². The predicted molar refractivity (Wildman–Crippen MR) is 69.5 cm³/mol. The number of benzene rings is 1. The van der Waals surface area contributed by atoms with E-state index in [1.54, 1.807) is 12.1 Å². The molecule has 0 spiro atoms. The van der Waals surface area contributed by atoms with E-state index in [0.29, 0.717) is 30.4 Å². The highest BCUT2D eigenvalue weighted by Crippen LogP contribution is 2.39. The van der Waals surface area contributed by atoms with Gasteiger partial charge in [-0.2, -0.15) is 0 Å². The van der Waals surface area contributed by atoms with Crippen LogP contribution in [0, 0.1) is 0 Å². The lowest BCUT2D eigenvalue weighted by Gasteiger charge is -2.06. The van der Waals surface area contributed by atoms with Crippen LogP contribution < -0.4 is 0 Å². The zero-order chi connectivity index (χ0) is 11.2. The molecule has 0 unspecified atom stereocenters. The summed E-state index contributed by atoms with van der Waals surface area (Å²) >= 11 is 27.1. The van der Waals surface area contributed by atoms with Crippen molar-refractivity contribution in [2.45, 2.75) is 0 Å². The van der Waals surface area contributed by atoms with E-state index in [0.717, 1.165) is 0 Å². The van der Waals surface area contributed by atoms with Gasteiger partial charge < -0.3 is 0 Å². The van der Waals surface area contributed by atoms with Crippen molar-refractivity contribution in [1.82, 2.24) is 4.98 Å². The molecule has 0 saturated heterocycles. The van der Waals surface area contributed by atoms with Crippen molar-refractivity contribution in [2.24, 2.45) is 0 Å². The fraction of sp³-hybridized carbons (Fsp3) is 0. The van der Waals surface area contributed by atoms with Crippen molar-refractivity contribution in [3.05, 3.63) is 36.8 Å². The van der Waals surface area contributed by atoms with Gasteiger partial charge >= 0.3 is 0 Å². The average Bonchev–Trinajstić information content (AvgIpc) is 2.21. The number of fused-ring (bicyclic) bond motifs is 1. The Kier molecular flexibility index (Phi) is 3.34. The summed E-state index contributed by atoms with van der Waals surface area (Å²) in [7, 11) is 0. The normalized spacial score (nSPS) is 11.0. The zero-order valence-corrected chi connectivity index (χ0v) is 11.6. The second kappa shape index (κ2) is 4.27. The minimum absolute atomic E-state index is 0.261. The van der Waals surface area contributed by atoms with Gasteiger partial charge in [0.1, 0.15) is 5.15 Å². The maximum Gasteiger partial charge on any atom is 0.145 e. The molecule has 0 aliphatic carbocycles. The first kappa shape index (κ1) is 11.7. The van der Waals surface area contributed by atoms with Crippen molar-refractivity contribution in [2.75, 3.05) is 0 Å². The van der Waals surface area contributed by atoms with Gasteiger partial charge in [0, 0.05) is 5.39 Å². The van der Waals surface area contributed by atoms with Crippen molar-refractivity contribution in [1.29, 1.82) is 0 Å². The summed E-state index contributed by atoms with van der Waals surface area (Å²) in [5.74, 6) is 0. The van der Waals surface area contributed by atoms with Crippen molar-refractivity contribution in [3.63, 3.8) is 0 Å². The third-order valence-corrected chi connectivity index (χ3v) is 4.58. The van der Waals surface area contributed by atoms with Crippen LogP contribution in [0.4, 0.5) is 0 Å². The van der Waals surface area contributed by atoms with Gasteiger partial charge in [-0.05, 0) is 28.1 Å². The minimum atomic E-state index is 0.261. The number of hydrogen-bond donors (Lipinski definition) is 0. The van der Waals surface area contributed by atoms with Crippen LogP contribution in [-0.2, 0) is 0 Å². The molecule has 1 aromatic heterocycles. The van der Waals surface area contributed by atoms with E-state index in [9.17, 15) is 0 Å². The second-order valence-electron chi connectivity index (χ2n) is 2.79. The smallest absolute Gasteiger partial charge is 0.145 e.